The number of alkyl halides is 9. The number of hydrogen-bond donors (Lipinski definition) is 3. The van der Waals surface area contributed by atoms with E-state index in [-0.39, 0.29) is 23.1 Å². The molecule has 0 heterocycles. The molecule has 0 saturated heterocycles. The highest BCUT2D eigenvalue weighted by Crippen LogP contribution is 2.43. The number of phenols is 3. The fourth-order valence-electron chi connectivity index (χ4n) is 5.05. The van der Waals surface area contributed by atoms with Crippen LogP contribution in [0.3, 0.4) is 0 Å². The Hall–Kier alpha value is -4.35. The van der Waals surface area contributed by atoms with Crippen molar-refractivity contribution in [2.24, 2.45) is 0 Å². The predicted octanol–water partition coefficient (Wildman–Crippen LogP) is 9.56. The molecule has 1 atom stereocenters. The Bertz CT molecular complexity index is 1650. The van der Waals surface area contributed by atoms with Crippen molar-refractivity contribution in [1.29, 1.82) is 0 Å². The second-order valence-corrected chi connectivity index (χ2v) is 10.9. The first-order chi connectivity index (χ1) is 20.2. The summed E-state index contributed by atoms with van der Waals surface area (Å²) >= 11 is 0. The summed E-state index contributed by atoms with van der Waals surface area (Å²) in [5.74, 6) is -3.96. The summed E-state index contributed by atoms with van der Waals surface area (Å²) in [7, 11) is 0. The molecule has 3 nitrogen and oxygen atoms in total. The highest BCUT2D eigenvalue weighted by molar-refractivity contribution is 5.48. The van der Waals surface area contributed by atoms with Crippen molar-refractivity contribution in [1.82, 2.24) is 0 Å². The SMILES string of the molecule is CC(C)(c1ccc(C(Cc2ccc(O)c(C(F)(F)F)c2)c2ccc(O)c(C(F)(F)F)c2)cc1)c1ccc(O)c(C(F)(F)F)c1. The molecule has 0 bridgehead atoms. The van der Waals surface area contributed by atoms with Gasteiger partial charge in [-0.05, 0) is 70.6 Å². The second-order valence-electron chi connectivity index (χ2n) is 10.9. The summed E-state index contributed by atoms with van der Waals surface area (Å²) in [6.07, 6.45) is -14.9. The maximum absolute atomic E-state index is 13.6. The number of aromatic hydroxyl groups is 3. The second kappa shape index (κ2) is 11.3. The fourth-order valence-corrected chi connectivity index (χ4v) is 5.05. The Kier molecular flexibility index (Phi) is 8.36. The first kappa shape index (κ1) is 32.6. The topological polar surface area (TPSA) is 60.7 Å². The Morgan fingerprint density at radius 1 is 0.500 bits per heavy atom. The van der Waals surface area contributed by atoms with E-state index in [4.69, 9.17) is 0 Å². The predicted molar refractivity (Wildman–Crippen MR) is 143 cm³/mol. The van der Waals surface area contributed by atoms with Crippen LogP contribution in [0.2, 0.25) is 0 Å². The number of hydrogen-bond acceptors (Lipinski definition) is 3. The van der Waals surface area contributed by atoms with Gasteiger partial charge in [0.25, 0.3) is 0 Å². The molecule has 0 spiro atoms. The van der Waals surface area contributed by atoms with Gasteiger partial charge in [0.2, 0.25) is 0 Å². The van der Waals surface area contributed by atoms with E-state index >= 15 is 0 Å². The van der Waals surface area contributed by atoms with Crippen LogP contribution >= 0.6 is 0 Å². The zero-order chi connectivity index (χ0) is 32.8. The third-order valence-electron chi connectivity index (χ3n) is 7.59. The van der Waals surface area contributed by atoms with Crippen LogP contribution in [-0.4, -0.2) is 15.3 Å². The van der Waals surface area contributed by atoms with Crippen LogP contribution in [0.15, 0.2) is 78.9 Å². The molecule has 1 unspecified atom stereocenters. The molecule has 0 amide bonds. The smallest absolute Gasteiger partial charge is 0.419 e. The lowest BCUT2D eigenvalue weighted by Crippen LogP contribution is -2.20. The van der Waals surface area contributed by atoms with Crippen molar-refractivity contribution in [3.8, 4) is 17.2 Å². The summed E-state index contributed by atoms with van der Waals surface area (Å²) in [4.78, 5) is 0. The van der Waals surface area contributed by atoms with Crippen LogP contribution in [0, 0.1) is 0 Å². The normalized spacial score (nSPS) is 13.6. The van der Waals surface area contributed by atoms with Crippen molar-refractivity contribution in [3.05, 3.63) is 123 Å². The maximum Gasteiger partial charge on any atom is 0.419 e. The van der Waals surface area contributed by atoms with Crippen LogP contribution in [0.4, 0.5) is 39.5 Å². The molecule has 4 rings (SSSR count). The van der Waals surface area contributed by atoms with Gasteiger partial charge in [-0.1, -0.05) is 56.3 Å². The lowest BCUT2D eigenvalue weighted by atomic mass is 9.76. The van der Waals surface area contributed by atoms with E-state index in [1.165, 1.54) is 30.3 Å². The minimum atomic E-state index is -4.93. The average Bonchev–Trinajstić information content (AvgIpc) is 2.91. The van der Waals surface area contributed by atoms with Gasteiger partial charge >= 0.3 is 18.5 Å². The van der Waals surface area contributed by atoms with Gasteiger partial charge in [-0.25, -0.2) is 0 Å². The van der Waals surface area contributed by atoms with Crippen molar-refractivity contribution < 1.29 is 54.8 Å². The Morgan fingerprint density at radius 2 is 0.909 bits per heavy atom. The van der Waals surface area contributed by atoms with Gasteiger partial charge in [-0.2, -0.15) is 39.5 Å². The van der Waals surface area contributed by atoms with E-state index in [9.17, 15) is 54.8 Å². The van der Waals surface area contributed by atoms with Crippen molar-refractivity contribution in [3.63, 3.8) is 0 Å². The number of phenolic OH excluding ortho intramolecular Hbond substituents is 3. The first-order valence-electron chi connectivity index (χ1n) is 13.0. The number of benzene rings is 4. The minimum Gasteiger partial charge on any atom is -0.507 e. The van der Waals surface area contributed by atoms with Gasteiger partial charge in [-0.15, -0.1) is 0 Å². The molecule has 0 aliphatic carbocycles. The summed E-state index contributed by atoms with van der Waals surface area (Å²) in [5, 5.41) is 29.3. The van der Waals surface area contributed by atoms with Crippen LogP contribution in [0.25, 0.3) is 0 Å². The van der Waals surface area contributed by atoms with Crippen LogP contribution < -0.4 is 0 Å². The van der Waals surface area contributed by atoms with Crippen molar-refractivity contribution in [2.45, 2.75) is 50.1 Å². The van der Waals surface area contributed by atoms with Gasteiger partial charge < -0.3 is 15.3 Å². The third-order valence-corrected chi connectivity index (χ3v) is 7.59. The molecule has 4 aromatic rings. The zero-order valence-electron chi connectivity index (χ0n) is 23.0. The zero-order valence-corrected chi connectivity index (χ0v) is 23.0. The van der Waals surface area contributed by atoms with Crippen LogP contribution in [0.1, 0.15) is 64.3 Å². The summed E-state index contributed by atoms with van der Waals surface area (Å²) in [6.45, 7) is 3.27. The quantitative estimate of drug-likeness (QED) is 0.187. The highest BCUT2D eigenvalue weighted by atomic mass is 19.4. The van der Waals surface area contributed by atoms with Gasteiger partial charge in [0, 0.05) is 11.3 Å². The molecule has 44 heavy (non-hydrogen) atoms. The molecule has 0 aliphatic rings. The molecule has 0 radical (unpaired) electrons. The van der Waals surface area contributed by atoms with E-state index in [0.717, 1.165) is 24.3 Å². The molecule has 3 N–H and O–H groups in total. The lowest BCUT2D eigenvalue weighted by molar-refractivity contribution is -0.139. The lowest BCUT2D eigenvalue weighted by Gasteiger charge is -2.28. The monoisotopic (exact) mass is 628 g/mol. The number of rotatable bonds is 6. The van der Waals surface area contributed by atoms with Gasteiger partial charge in [0.15, 0.2) is 0 Å². The van der Waals surface area contributed by atoms with E-state index in [2.05, 4.69) is 0 Å². The summed E-state index contributed by atoms with van der Waals surface area (Å²) in [6, 6.07) is 14.7. The molecule has 0 fully saturated rings. The largest absolute Gasteiger partial charge is 0.507 e. The van der Waals surface area contributed by atoms with Crippen molar-refractivity contribution in [2.75, 3.05) is 0 Å². The minimum absolute atomic E-state index is 0.0251. The van der Waals surface area contributed by atoms with Gasteiger partial charge in [0.05, 0.1) is 16.7 Å². The molecule has 234 valence electrons. The fraction of sp³-hybridized carbons (Fsp3) is 0.250. The Labute approximate surface area is 245 Å². The standard InChI is InChI=1S/C32H25F9O3/c1-29(2,21-9-12-28(44)25(16-21)32(39,40)41)20-7-4-18(5-8-20)22(19-6-11-27(43)24(15-19)31(36,37)38)13-17-3-10-26(42)23(14-17)30(33,34)35/h3-12,14-16,22,42-44H,13H2,1-2H3. The maximum atomic E-state index is 13.6. The van der Waals surface area contributed by atoms with Crippen LogP contribution in [0.5, 0.6) is 17.2 Å². The van der Waals surface area contributed by atoms with Crippen molar-refractivity contribution >= 4 is 0 Å². The molecule has 0 saturated carbocycles. The third kappa shape index (κ3) is 6.74. The summed E-state index contributed by atoms with van der Waals surface area (Å²) in [5.41, 5.74) is -3.76. The molecular formula is C32H25F9O3. The first-order valence-corrected chi connectivity index (χ1v) is 13.0. The van der Waals surface area contributed by atoms with E-state index < -0.39 is 63.8 Å². The van der Waals surface area contributed by atoms with E-state index in [0.29, 0.717) is 23.3 Å². The van der Waals surface area contributed by atoms with Gasteiger partial charge in [-0.3, -0.25) is 0 Å². The van der Waals surface area contributed by atoms with Crippen LogP contribution in [-0.2, 0) is 30.4 Å². The molecule has 4 aromatic carbocycles. The number of halogens is 9. The molecule has 12 heteroatoms. The molecular weight excluding hydrogens is 603 g/mol. The molecule has 0 aliphatic heterocycles. The Morgan fingerprint density at radius 3 is 1.43 bits per heavy atom. The van der Waals surface area contributed by atoms with Gasteiger partial charge in [0.1, 0.15) is 17.2 Å². The Balaban J connectivity index is 1.80. The highest BCUT2D eigenvalue weighted by Gasteiger charge is 2.37. The van der Waals surface area contributed by atoms with E-state index in [1.807, 2.05) is 0 Å². The average molecular weight is 629 g/mol. The van der Waals surface area contributed by atoms with E-state index in [1.54, 1.807) is 26.0 Å². The molecule has 0 aromatic heterocycles. The summed E-state index contributed by atoms with van der Waals surface area (Å²) < 4.78 is 122.